The summed E-state index contributed by atoms with van der Waals surface area (Å²) >= 11 is 0. The molecule has 1 aromatic carbocycles. The minimum atomic E-state index is -3.19. The molecule has 0 bridgehead atoms. The fraction of sp³-hybridized carbons (Fsp3) is 0.385. The van der Waals surface area contributed by atoms with Crippen LogP contribution < -0.4 is 4.72 Å². The summed E-state index contributed by atoms with van der Waals surface area (Å²) in [4.78, 5) is 15.5. The van der Waals surface area contributed by atoms with Crippen molar-refractivity contribution in [3.05, 3.63) is 29.6 Å². The largest absolute Gasteiger partial charge is 0.478 e. The van der Waals surface area contributed by atoms with Crippen molar-refractivity contribution >= 4 is 27.0 Å². The van der Waals surface area contributed by atoms with Crippen molar-refractivity contribution in [2.45, 2.75) is 19.9 Å². The summed E-state index contributed by atoms with van der Waals surface area (Å²) in [6.07, 6.45) is 1.71. The highest BCUT2D eigenvalue weighted by Crippen LogP contribution is 2.20. The Morgan fingerprint density at radius 2 is 2.14 bits per heavy atom. The molecule has 2 aromatic rings. The molecule has 0 spiro atoms. The number of aryl methyl sites for hydroxylation is 2. The lowest BCUT2D eigenvalue weighted by Gasteiger charge is -2.07. The second-order valence-electron chi connectivity index (χ2n) is 4.81. The number of sulfonamides is 1. The number of carbonyl (C=O) groups is 1. The second-order valence-corrected chi connectivity index (χ2v) is 6.64. The van der Waals surface area contributed by atoms with Crippen LogP contribution in [0, 0.1) is 6.92 Å². The van der Waals surface area contributed by atoms with Gasteiger partial charge in [-0.2, -0.15) is 0 Å². The van der Waals surface area contributed by atoms with E-state index in [9.17, 15) is 13.2 Å². The minimum absolute atomic E-state index is 0.170. The number of nitrogens with zero attached hydrogens (tertiary/aromatic N) is 2. The summed E-state index contributed by atoms with van der Waals surface area (Å²) in [5, 5.41) is 9.16. The lowest BCUT2D eigenvalue weighted by molar-refractivity contribution is 0.0699. The number of fused-ring (bicyclic) bond motifs is 1. The van der Waals surface area contributed by atoms with Gasteiger partial charge in [0.15, 0.2) is 0 Å². The molecular formula is C13H17N3O4S. The van der Waals surface area contributed by atoms with Crippen LogP contribution in [0.25, 0.3) is 11.0 Å². The molecule has 0 unspecified atom stereocenters. The number of rotatable bonds is 6. The molecule has 7 nitrogen and oxygen atoms in total. The molecule has 0 amide bonds. The van der Waals surface area contributed by atoms with Gasteiger partial charge >= 0.3 is 5.97 Å². The molecule has 0 saturated heterocycles. The van der Waals surface area contributed by atoms with Crippen molar-refractivity contribution in [1.29, 1.82) is 0 Å². The van der Waals surface area contributed by atoms with Crippen molar-refractivity contribution in [2.24, 2.45) is 0 Å². The molecule has 21 heavy (non-hydrogen) atoms. The zero-order valence-electron chi connectivity index (χ0n) is 11.8. The van der Waals surface area contributed by atoms with Gasteiger partial charge < -0.3 is 9.67 Å². The van der Waals surface area contributed by atoms with Crippen LogP contribution >= 0.6 is 0 Å². The molecule has 0 fully saturated rings. The summed E-state index contributed by atoms with van der Waals surface area (Å²) in [5.74, 6) is -0.304. The van der Waals surface area contributed by atoms with Gasteiger partial charge in [-0.1, -0.05) is 6.07 Å². The first-order valence-electron chi connectivity index (χ1n) is 6.43. The Balaban J connectivity index is 2.23. The second kappa shape index (κ2) is 5.82. The molecule has 0 aliphatic rings. The number of aromatic carboxylic acids is 1. The number of nitrogens with one attached hydrogen (secondary N) is 1. The van der Waals surface area contributed by atoms with E-state index in [4.69, 9.17) is 5.11 Å². The monoisotopic (exact) mass is 311 g/mol. The number of para-hydroxylation sites is 1. The van der Waals surface area contributed by atoms with Crippen molar-refractivity contribution in [2.75, 3.05) is 12.8 Å². The van der Waals surface area contributed by atoms with Crippen LogP contribution in [0.5, 0.6) is 0 Å². The van der Waals surface area contributed by atoms with Crippen LogP contribution in [-0.4, -0.2) is 41.8 Å². The van der Waals surface area contributed by atoms with Crippen LogP contribution in [0.15, 0.2) is 18.2 Å². The van der Waals surface area contributed by atoms with E-state index >= 15 is 0 Å². The predicted molar refractivity (Wildman–Crippen MR) is 78.9 cm³/mol. The van der Waals surface area contributed by atoms with E-state index in [1.54, 1.807) is 13.0 Å². The smallest absolute Gasteiger partial charge is 0.337 e. The van der Waals surface area contributed by atoms with E-state index in [1.165, 1.54) is 6.07 Å². The van der Waals surface area contributed by atoms with Gasteiger partial charge in [-0.05, 0) is 25.5 Å². The van der Waals surface area contributed by atoms with Crippen LogP contribution in [0.3, 0.4) is 0 Å². The molecule has 0 saturated carbocycles. The average Bonchev–Trinajstić information content (AvgIpc) is 2.69. The molecule has 1 aromatic heterocycles. The normalized spacial score (nSPS) is 11.9. The minimum Gasteiger partial charge on any atom is -0.478 e. The van der Waals surface area contributed by atoms with Crippen molar-refractivity contribution in [1.82, 2.24) is 14.3 Å². The maximum Gasteiger partial charge on any atom is 0.337 e. The van der Waals surface area contributed by atoms with Gasteiger partial charge in [0.2, 0.25) is 10.0 Å². The molecule has 0 radical (unpaired) electrons. The van der Waals surface area contributed by atoms with Crippen LogP contribution in [-0.2, 0) is 16.6 Å². The number of carboxylic acids is 1. The van der Waals surface area contributed by atoms with Crippen LogP contribution in [0.4, 0.5) is 0 Å². The zero-order valence-corrected chi connectivity index (χ0v) is 12.6. The summed E-state index contributed by atoms with van der Waals surface area (Å²) in [6, 6.07) is 5.01. The van der Waals surface area contributed by atoms with Gasteiger partial charge in [0.25, 0.3) is 0 Å². The number of aromatic nitrogens is 2. The fourth-order valence-electron chi connectivity index (χ4n) is 2.21. The van der Waals surface area contributed by atoms with E-state index in [2.05, 4.69) is 9.71 Å². The fourth-order valence-corrected chi connectivity index (χ4v) is 2.73. The SMILES string of the molecule is Cc1nc2c(C(=O)O)cccc2n1CCCNS(C)(=O)=O. The molecule has 0 atom stereocenters. The Morgan fingerprint density at radius 3 is 2.76 bits per heavy atom. The van der Waals surface area contributed by atoms with Gasteiger partial charge in [0.1, 0.15) is 11.3 Å². The third-order valence-corrected chi connectivity index (χ3v) is 3.85. The van der Waals surface area contributed by atoms with E-state index in [0.717, 1.165) is 11.8 Å². The van der Waals surface area contributed by atoms with Crippen molar-refractivity contribution < 1.29 is 18.3 Å². The lowest BCUT2D eigenvalue weighted by atomic mass is 10.2. The maximum absolute atomic E-state index is 11.2. The molecule has 2 N–H and O–H groups in total. The third-order valence-electron chi connectivity index (χ3n) is 3.12. The van der Waals surface area contributed by atoms with E-state index in [1.807, 2.05) is 10.6 Å². The molecule has 0 aliphatic carbocycles. The van der Waals surface area contributed by atoms with Crippen LogP contribution in [0.2, 0.25) is 0 Å². The molecule has 2 rings (SSSR count). The summed E-state index contributed by atoms with van der Waals surface area (Å²) in [5.41, 5.74) is 1.37. The highest BCUT2D eigenvalue weighted by Gasteiger charge is 2.14. The highest BCUT2D eigenvalue weighted by molar-refractivity contribution is 7.88. The number of hydrogen-bond acceptors (Lipinski definition) is 4. The molecule has 0 aliphatic heterocycles. The third kappa shape index (κ3) is 3.59. The first kappa shape index (κ1) is 15.5. The van der Waals surface area contributed by atoms with Gasteiger partial charge in [-0.15, -0.1) is 0 Å². The lowest BCUT2D eigenvalue weighted by Crippen LogP contribution is -2.23. The average molecular weight is 311 g/mol. The topological polar surface area (TPSA) is 101 Å². The van der Waals surface area contributed by atoms with Gasteiger partial charge in [0, 0.05) is 13.1 Å². The Hall–Kier alpha value is -1.93. The van der Waals surface area contributed by atoms with Crippen molar-refractivity contribution in [3.8, 4) is 0 Å². The highest BCUT2D eigenvalue weighted by atomic mass is 32.2. The first-order valence-corrected chi connectivity index (χ1v) is 8.32. The quantitative estimate of drug-likeness (QED) is 0.774. The Morgan fingerprint density at radius 1 is 1.43 bits per heavy atom. The number of hydrogen-bond donors (Lipinski definition) is 2. The predicted octanol–water partition coefficient (Wildman–Crippen LogP) is 0.982. The van der Waals surface area contributed by atoms with Crippen molar-refractivity contribution in [3.63, 3.8) is 0 Å². The first-order chi connectivity index (χ1) is 9.79. The van der Waals surface area contributed by atoms with Gasteiger partial charge in [-0.25, -0.2) is 22.9 Å². The zero-order chi connectivity index (χ0) is 15.6. The molecule has 114 valence electrons. The van der Waals surface area contributed by atoms with E-state index < -0.39 is 16.0 Å². The van der Waals surface area contributed by atoms with Gasteiger partial charge in [-0.3, -0.25) is 0 Å². The van der Waals surface area contributed by atoms with E-state index in [-0.39, 0.29) is 5.56 Å². The molecule has 1 heterocycles. The summed E-state index contributed by atoms with van der Waals surface area (Å²) in [7, 11) is -3.19. The maximum atomic E-state index is 11.2. The van der Waals surface area contributed by atoms with E-state index in [0.29, 0.717) is 30.9 Å². The Bertz CT molecular complexity index is 780. The standard InChI is InChI=1S/C13H17N3O4S/c1-9-15-12-10(13(17)18)5-3-6-11(12)16(9)8-4-7-14-21(2,19)20/h3,5-6,14H,4,7-8H2,1-2H3,(H,17,18). The summed E-state index contributed by atoms with van der Waals surface area (Å²) < 4.78 is 26.3. The number of imidazole rings is 1. The van der Waals surface area contributed by atoms with Crippen LogP contribution in [0.1, 0.15) is 22.6 Å². The number of carboxylic acid groups (broad SMARTS) is 1. The number of benzene rings is 1. The van der Waals surface area contributed by atoms with Gasteiger partial charge in [0.05, 0.1) is 17.3 Å². The summed E-state index contributed by atoms with van der Waals surface area (Å²) in [6.45, 7) is 2.69. The Labute approximate surface area is 122 Å². The molecule has 8 heteroatoms. The molecular weight excluding hydrogens is 294 g/mol. The Kier molecular flexibility index (Phi) is 4.29.